The highest BCUT2D eigenvalue weighted by Crippen LogP contribution is 2.18. The smallest absolute Gasteiger partial charge is 0.132 e. The maximum Gasteiger partial charge on any atom is 0.132 e. The van der Waals surface area contributed by atoms with Crippen LogP contribution in [0.15, 0.2) is 5.16 Å². The highest BCUT2D eigenvalue weighted by atomic mass is 16.4. The molecule has 0 fully saturated rings. The Hall–Kier alpha value is -0.860. The molecule has 15 heavy (non-hydrogen) atoms. The zero-order valence-electron chi connectivity index (χ0n) is 10.1. The third kappa shape index (κ3) is 7.11. The van der Waals surface area contributed by atoms with Gasteiger partial charge in [-0.2, -0.15) is 0 Å². The number of unbranched alkanes of at least 4 members (excludes halogenated alkanes) is 1. The van der Waals surface area contributed by atoms with E-state index in [1.807, 2.05) is 6.92 Å². The van der Waals surface area contributed by atoms with Crippen LogP contribution in [0.5, 0.6) is 0 Å². The van der Waals surface area contributed by atoms with E-state index in [1.165, 1.54) is 0 Å². The van der Waals surface area contributed by atoms with Crippen molar-refractivity contribution in [1.82, 2.24) is 0 Å². The zero-order valence-corrected chi connectivity index (χ0v) is 10.1. The fraction of sp³-hybridized carbons (Fsp3) is 0.833. The normalized spacial score (nSPS) is 13.9. The number of nitrogens with zero attached hydrogens (tertiary/aromatic N) is 1. The van der Waals surface area contributed by atoms with Crippen LogP contribution in [0.2, 0.25) is 0 Å². The lowest BCUT2D eigenvalue weighted by molar-refractivity contribution is -0.119. The summed E-state index contributed by atoms with van der Waals surface area (Å²) in [5.74, 6) is 0.662. The first-order valence-electron chi connectivity index (χ1n) is 5.83. The lowest BCUT2D eigenvalue weighted by Gasteiger charge is -2.14. The maximum atomic E-state index is 11.4. The molecule has 88 valence electrons. The largest absolute Gasteiger partial charge is 0.411 e. The van der Waals surface area contributed by atoms with E-state index >= 15 is 0 Å². The fourth-order valence-electron chi connectivity index (χ4n) is 1.69. The van der Waals surface area contributed by atoms with Crippen molar-refractivity contribution >= 4 is 11.5 Å². The van der Waals surface area contributed by atoms with Crippen LogP contribution < -0.4 is 0 Å². The minimum atomic E-state index is 0.307. The van der Waals surface area contributed by atoms with Crippen molar-refractivity contribution in [3.8, 4) is 0 Å². The molecule has 0 heterocycles. The van der Waals surface area contributed by atoms with Crippen LogP contribution >= 0.6 is 0 Å². The van der Waals surface area contributed by atoms with E-state index in [0.717, 1.165) is 31.4 Å². The van der Waals surface area contributed by atoms with Gasteiger partial charge in [0.1, 0.15) is 5.78 Å². The summed E-state index contributed by atoms with van der Waals surface area (Å²) in [7, 11) is 0. The predicted molar refractivity (Wildman–Crippen MR) is 62.4 cm³/mol. The summed E-state index contributed by atoms with van der Waals surface area (Å²) in [5, 5.41) is 11.8. The Morgan fingerprint density at radius 2 is 2.00 bits per heavy atom. The highest BCUT2D eigenvalue weighted by Gasteiger charge is 2.13. The second kappa shape index (κ2) is 8.45. The van der Waals surface area contributed by atoms with Crippen molar-refractivity contribution in [3.05, 3.63) is 0 Å². The minimum absolute atomic E-state index is 0.307. The fourth-order valence-corrected chi connectivity index (χ4v) is 1.69. The Balaban J connectivity index is 4.11. The molecule has 0 aliphatic carbocycles. The monoisotopic (exact) mass is 213 g/mol. The van der Waals surface area contributed by atoms with Crippen molar-refractivity contribution in [2.75, 3.05) is 0 Å². The molecule has 0 aromatic carbocycles. The quantitative estimate of drug-likeness (QED) is 0.381. The molecule has 1 unspecified atom stereocenters. The summed E-state index contributed by atoms with van der Waals surface area (Å²) in [6.45, 7) is 5.84. The Labute approximate surface area is 92.6 Å². The number of hydrogen-bond acceptors (Lipinski definition) is 3. The summed E-state index contributed by atoms with van der Waals surface area (Å²) in [6.07, 6.45) is 5.31. The summed E-state index contributed by atoms with van der Waals surface area (Å²) >= 11 is 0. The molecule has 3 heteroatoms. The number of hydrogen-bond donors (Lipinski definition) is 1. The van der Waals surface area contributed by atoms with Crippen LogP contribution in [-0.4, -0.2) is 16.7 Å². The Morgan fingerprint density at radius 3 is 2.47 bits per heavy atom. The molecule has 1 N–H and O–H groups in total. The summed E-state index contributed by atoms with van der Waals surface area (Å²) < 4.78 is 0. The van der Waals surface area contributed by atoms with Gasteiger partial charge in [-0.05, 0) is 25.7 Å². The third-order valence-electron chi connectivity index (χ3n) is 2.63. The van der Waals surface area contributed by atoms with E-state index in [-0.39, 0.29) is 0 Å². The highest BCUT2D eigenvalue weighted by molar-refractivity contribution is 5.83. The van der Waals surface area contributed by atoms with Gasteiger partial charge in [0.15, 0.2) is 0 Å². The van der Waals surface area contributed by atoms with Gasteiger partial charge < -0.3 is 5.21 Å². The van der Waals surface area contributed by atoms with Gasteiger partial charge in [0, 0.05) is 12.8 Å². The van der Waals surface area contributed by atoms with Crippen LogP contribution in [0, 0.1) is 5.92 Å². The average Bonchev–Trinajstić information content (AvgIpc) is 2.25. The van der Waals surface area contributed by atoms with Gasteiger partial charge in [0.25, 0.3) is 0 Å². The van der Waals surface area contributed by atoms with E-state index < -0.39 is 0 Å². The molecule has 0 bridgehead atoms. The van der Waals surface area contributed by atoms with Crippen LogP contribution in [-0.2, 0) is 4.79 Å². The second-order valence-electron chi connectivity index (χ2n) is 4.14. The van der Waals surface area contributed by atoms with Crippen LogP contribution in [0.3, 0.4) is 0 Å². The number of carbonyl (C=O) groups excluding carboxylic acids is 1. The zero-order chi connectivity index (χ0) is 11.7. The number of oxime groups is 1. The number of ketones is 1. The first kappa shape index (κ1) is 14.1. The van der Waals surface area contributed by atoms with E-state index in [2.05, 4.69) is 12.1 Å². The standard InChI is InChI=1S/C12H23NO2/c1-4-6-7-11(8-10(3)13-15)9-12(14)5-2/h11,15H,4-9H2,1-3H3. The van der Waals surface area contributed by atoms with Gasteiger partial charge in [0.2, 0.25) is 0 Å². The molecule has 0 aliphatic heterocycles. The average molecular weight is 213 g/mol. The van der Waals surface area contributed by atoms with Gasteiger partial charge in [-0.25, -0.2) is 0 Å². The Bertz CT molecular complexity index is 212. The first-order valence-corrected chi connectivity index (χ1v) is 5.83. The maximum absolute atomic E-state index is 11.4. The molecule has 3 nitrogen and oxygen atoms in total. The first-order chi connectivity index (χ1) is 7.13. The van der Waals surface area contributed by atoms with Crippen molar-refractivity contribution in [1.29, 1.82) is 0 Å². The SMILES string of the molecule is CCCCC(CC(=O)CC)CC(C)=NO. The molecule has 0 radical (unpaired) electrons. The van der Waals surface area contributed by atoms with Gasteiger partial charge >= 0.3 is 0 Å². The summed E-state index contributed by atoms with van der Waals surface area (Å²) in [6, 6.07) is 0. The lowest BCUT2D eigenvalue weighted by Crippen LogP contribution is -2.11. The predicted octanol–water partition coefficient (Wildman–Crippen LogP) is 3.40. The van der Waals surface area contributed by atoms with Crippen molar-refractivity contribution in [3.63, 3.8) is 0 Å². The molecule has 0 saturated carbocycles. The van der Waals surface area contributed by atoms with Crippen molar-refractivity contribution in [2.24, 2.45) is 11.1 Å². The second-order valence-corrected chi connectivity index (χ2v) is 4.14. The Kier molecular flexibility index (Phi) is 7.96. The van der Waals surface area contributed by atoms with Gasteiger partial charge in [-0.1, -0.05) is 31.8 Å². The molecule has 1 atom stereocenters. The summed E-state index contributed by atoms with van der Waals surface area (Å²) in [4.78, 5) is 11.4. The molecule has 0 spiro atoms. The van der Waals surface area contributed by atoms with E-state index in [9.17, 15) is 4.79 Å². The topological polar surface area (TPSA) is 49.7 Å². The van der Waals surface area contributed by atoms with Crippen molar-refractivity contribution in [2.45, 2.75) is 59.3 Å². The minimum Gasteiger partial charge on any atom is -0.411 e. The number of rotatable bonds is 8. The van der Waals surface area contributed by atoms with E-state index in [4.69, 9.17) is 5.21 Å². The van der Waals surface area contributed by atoms with Gasteiger partial charge in [-0.15, -0.1) is 0 Å². The van der Waals surface area contributed by atoms with E-state index in [1.54, 1.807) is 6.92 Å². The molecular weight excluding hydrogens is 190 g/mol. The molecule has 0 aromatic heterocycles. The molecule has 0 rings (SSSR count). The number of carbonyl (C=O) groups is 1. The molecule has 0 aromatic rings. The Morgan fingerprint density at radius 1 is 1.33 bits per heavy atom. The molecule has 0 aliphatic rings. The van der Waals surface area contributed by atoms with Crippen LogP contribution in [0.1, 0.15) is 59.3 Å². The summed E-state index contributed by atoms with van der Waals surface area (Å²) in [5.41, 5.74) is 0.722. The third-order valence-corrected chi connectivity index (χ3v) is 2.63. The molecule has 0 amide bonds. The van der Waals surface area contributed by atoms with Crippen LogP contribution in [0.25, 0.3) is 0 Å². The number of Topliss-reactive ketones (excluding diaryl/α,β-unsaturated/α-hetero) is 1. The van der Waals surface area contributed by atoms with Crippen molar-refractivity contribution < 1.29 is 10.0 Å². The van der Waals surface area contributed by atoms with Crippen LogP contribution in [0.4, 0.5) is 0 Å². The lowest BCUT2D eigenvalue weighted by atomic mass is 9.91. The van der Waals surface area contributed by atoms with Gasteiger partial charge in [0.05, 0.1) is 5.71 Å². The van der Waals surface area contributed by atoms with E-state index in [0.29, 0.717) is 24.5 Å². The van der Waals surface area contributed by atoms with Gasteiger partial charge in [-0.3, -0.25) is 4.79 Å². The molecular formula is C12H23NO2. The molecule has 0 saturated heterocycles.